The van der Waals surface area contributed by atoms with Gasteiger partial charge in [-0.3, -0.25) is 0 Å². The first-order valence-electron chi connectivity index (χ1n) is 6.94. The predicted molar refractivity (Wildman–Crippen MR) is 75.9 cm³/mol. The molecule has 0 radical (unpaired) electrons. The second kappa shape index (κ2) is 5.72. The Morgan fingerprint density at radius 1 is 1.40 bits per heavy atom. The molecule has 3 nitrogen and oxygen atoms in total. The molecule has 2 heterocycles. The lowest BCUT2D eigenvalue weighted by Gasteiger charge is -2.39. The molecule has 2 aliphatic rings. The first-order valence-corrected chi connectivity index (χ1v) is 7.74. The van der Waals surface area contributed by atoms with Crippen LogP contribution in [0.4, 0.5) is 4.39 Å². The molecule has 3 unspecified atom stereocenters. The third-order valence-electron chi connectivity index (χ3n) is 4.33. The maximum atomic E-state index is 13.6. The Morgan fingerprint density at radius 2 is 2.25 bits per heavy atom. The van der Waals surface area contributed by atoms with Gasteiger partial charge in [0.2, 0.25) is 0 Å². The molecular weight excluding hydrogens is 327 g/mol. The lowest BCUT2D eigenvalue weighted by Crippen LogP contribution is -2.41. The molecule has 2 saturated heterocycles. The molecule has 0 bridgehead atoms. The second-order valence-electron chi connectivity index (χ2n) is 5.71. The highest BCUT2D eigenvalue weighted by molar-refractivity contribution is 9.10. The number of hydrogen-bond acceptors (Lipinski definition) is 3. The number of ether oxygens (including phenoxy) is 2. The molecule has 0 saturated carbocycles. The highest BCUT2D eigenvalue weighted by atomic mass is 79.9. The Morgan fingerprint density at radius 3 is 2.95 bits per heavy atom. The van der Waals surface area contributed by atoms with Gasteiger partial charge in [0.25, 0.3) is 0 Å². The minimum absolute atomic E-state index is 0.0889. The van der Waals surface area contributed by atoms with E-state index in [0.717, 1.165) is 25.9 Å². The van der Waals surface area contributed by atoms with Crippen LogP contribution in [0.15, 0.2) is 22.7 Å². The van der Waals surface area contributed by atoms with E-state index in [0.29, 0.717) is 23.2 Å². The molecule has 3 atom stereocenters. The predicted octanol–water partition coefficient (Wildman–Crippen LogP) is 3.21. The molecule has 2 fully saturated rings. The Labute approximate surface area is 126 Å². The van der Waals surface area contributed by atoms with Crippen molar-refractivity contribution in [3.63, 3.8) is 0 Å². The summed E-state index contributed by atoms with van der Waals surface area (Å²) in [5.74, 6) is -0.251. The first kappa shape index (κ1) is 14.4. The van der Waals surface area contributed by atoms with Crippen LogP contribution in [0, 0.1) is 11.7 Å². The van der Waals surface area contributed by atoms with Crippen molar-refractivity contribution >= 4 is 15.9 Å². The van der Waals surface area contributed by atoms with Crippen LogP contribution >= 0.6 is 15.9 Å². The highest BCUT2D eigenvalue weighted by Crippen LogP contribution is 2.41. The fourth-order valence-corrected chi connectivity index (χ4v) is 3.41. The lowest BCUT2D eigenvalue weighted by molar-refractivity contribution is -0.117. The SMILES string of the molecule is OC(c1ccc(Br)c(F)c1)C1CCOC2(CCOC2)C1. The van der Waals surface area contributed by atoms with Gasteiger partial charge in [0.1, 0.15) is 5.82 Å². The van der Waals surface area contributed by atoms with Crippen molar-refractivity contribution in [1.29, 1.82) is 0 Å². The molecule has 1 spiro atoms. The zero-order valence-electron chi connectivity index (χ0n) is 11.1. The zero-order valence-corrected chi connectivity index (χ0v) is 12.7. The Hall–Kier alpha value is -0.490. The number of aliphatic hydroxyl groups excluding tert-OH is 1. The van der Waals surface area contributed by atoms with Gasteiger partial charge in [-0.25, -0.2) is 4.39 Å². The molecule has 1 aromatic rings. The van der Waals surface area contributed by atoms with E-state index in [1.807, 2.05) is 0 Å². The summed E-state index contributed by atoms with van der Waals surface area (Å²) in [6.45, 7) is 1.95. The maximum absolute atomic E-state index is 13.6. The molecule has 0 aliphatic carbocycles. The number of rotatable bonds is 2. The van der Waals surface area contributed by atoms with Crippen molar-refractivity contribution < 1.29 is 19.0 Å². The van der Waals surface area contributed by atoms with Gasteiger partial charge in [-0.05, 0) is 52.4 Å². The summed E-state index contributed by atoms with van der Waals surface area (Å²) < 4.78 is 25.3. The van der Waals surface area contributed by atoms with E-state index >= 15 is 0 Å². The van der Waals surface area contributed by atoms with Crippen LogP contribution in [0.2, 0.25) is 0 Å². The molecule has 0 amide bonds. The van der Waals surface area contributed by atoms with Crippen molar-refractivity contribution in [3.05, 3.63) is 34.1 Å². The fraction of sp³-hybridized carbons (Fsp3) is 0.600. The Kier molecular flexibility index (Phi) is 4.13. The quantitative estimate of drug-likeness (QED) is 0.895. The van der Waals surface area contributed by atoms with E-state index in [2.05, 4.69) is 15.9 Å². The molecular formula is C15H18BrFO3. The zero-order chi connectivity index (χ0) is 14.2. The van der Waals surface area contributed by atoms with Crippen LogP contribution in [-0.2, 0) is 9.47 Å². The van der Waals surface area contributed by atoms with Crippen LogP contribution in [0.5, 0.6) is 0 Å². The van der Waals surface area contributed by atoms with E-state index in [1.54, 1.807) is 12.1 Å². The monoisotopic (exact) mass is 344 g/mol. The summed E-state index contributed by atoms with van der Waals surface area (Å²) in [6, 6.07) is 4.81. The van der Waals surface area contributed by atoms with Crippen LogP contribution in [0.1, 0.15) is 30.9 Å². The number of hydrogen-bond donors (Lipinski definition) is 1. The number of benzene rings is 1. The topological polar surface area (TPSA) is 38.7 Å². The van der Waals surface area contributed by atoms with E-state index in [4.69, 9.17) is 9.47 Å². The van der Waals surface area contributed by atoms with E-state index < -0.39 is 6.10 Å². The normalized spacial score (nSPS) is 31.6. The minimum Gasteiger partial charge on any atom is -0.388 e. The van der Waals surface area contributed by atoms with Crippen LogP contribution < -0.4 is 0 Å². The summed E-state index contributed by atoms with van der Waals surface area (Å²) in [4.78, 5) is 0. The second-order valence-corrected chi connectivity index (χ2v) is 6.56. The van der Waals surface area contributed by atoms with Gasteiger partial charge in [-0.2, -0.15) is 0 Å². The van der Waals surface area contributed by atoms with Crippen LogP contribution in [-0.4, -0.2) is 30.5 Å². The van der Waals surface area contributed by atoms with Gasteiger partial charge in [0, 0.05) is 19.6 Å². The molecule has 20 heavy (non-hydrogen) atoms. The Bertz CT molecular complexity index is 488. The molecule has 110 valence electrons. The molecule has 2 aliphatic heterocycles. The summed E-state index contributed by atoms with van der Waals surface area (Å²) >= 11 is 3.13. The van der Waals surface area contributed by atoms with Gasteiger partial charge >= 0.3 is 0 Å². The van der Waals surface area contributed by atoms with Crippen molar-refractivity contribution in [2.24, 2.45) is 5.92 Å². The average molecular weight is 345 g/mol. The van der Waals surface area contributed by atoms with Crippen molar-refractivity contribution in [3.8, 4) is 0 Å². The smallest absolute Gasteiger partial charge is 0.137 e. The third kappa shape index (κ3) is 2.77. The standard InChI is InChI=1S/C15H18BrFO3/c16-12-2-1-10(7-13(12)17)14(18)11-3-5-20-15(8-11)4-6-19-9-15/h1-2,7,11,14,18H,3-6,8-9H2. The third-order valence-corrected chi connectivity index (χ3v) is 4.97. The first-order chi connectivity index (χ1) is 9.60. The maximum Gasteiger partial charge on any atom is 0.137 e. The molecule has 1 aromatic carbocycles. The number of aliphatic hydroxyl groups is 1. The lowest BCUT2D eigenvalue weighted by atomic mass is 9.80. The van der Waals surface area contributed by atoms with E-state index in [-0.39, 0.29) is 17.3 Å². The van der Waals surface area contributed by atoms with Gasteiger partial charge in [0.05, 0.1) is 22.8 Å². The van der Waals surface area contributed by atoms with Gasteiger partial charge in [-0.1, -0.05) is 6.07 Å². The fourth-order valence-electron chi connectivity index (χ4n) is 3.17. The van der Waals surface area contributed by atoms with Crippen LogP contribution in [0.25, 0.3) is 0 Å². The van der Waals surface area contributed by atoms with Crippen molar-refractivity contribution in [2.75, 3.05) is 19.8 Å². The van der Waals surface area contributed by atoms with Gasteiger partial charge in [0.15, 0.2) is 0 Å². The van der Waals surface area contributed by atoms with Gasteiger partial charge in [-0.15, -0.1) is 0 Å². The minimum atomic E-state index is -0.654. The molecule has 3 rings (SSSR count). The summed E-state index contributed by atoms with van der Waals surface area (Å²) in [5, 5.41) is 10.5. The van der Waals surface area contributed by atoms with E-state index in [1.165, 1.54) is 6.07 Å². The summed E-state index contributed by atoms with van der Waals surface area (Å²) in [7, 11) is 0. The molecule has 0 aromatic heterocycles. The Balaban J connectivity index is 1.75. The highest BCUT2D eigenvalue weighted by Gasteiger charge is 2.43. The van der Waals surface area contributed by atoms with Crippen molar-refractivity contribution in [1.82, 2.24) is 0 Å². The van der Waals surface area contributed by atoms with Crippen LogP contribution in [0.3, 0.4) is 0 Å². The van der Waals surface area contributed by atoms with E-state index in [9.17, 15) is 9.50 Å². The molecule has 1 N–H and O–H groups in total. The van der Waals surface area contributed by atoms with Crippen molar-refractivity contribution in [2.45, 2.75) is 31.0 Å². The van der Waals surface area contributed by atoms with Gasteiger partial charge < -0.3 is 14.6 Å². The summed E-state index contributed by atoms with van der Waals surface area (Å²) in [6.07, 6.45) is 1.79. The largest absolute Gasteiger partial charge is 0.388 e. The summed E-state index contributed by atoms with van der Waals surface area (Å²) in [5.41, 5.74) is 0.393. The average Bonchev–Trinajstić information content (AvgIpc) is 2.89. The number of halogens is 2. The molecule has 5 heteroatoms.